The molecular formula is C17H24N2O. The van der Waals surface area contributed by atoms with Crippen molar-refractivity contribution in [3.63, 3.8) is 0 Å². The van der Waals surface area contributed by atoms with Crippen LogP contribution in [0.15, 0.2) is 30.3 Å². The molecule has 2 atom stereocenters. The molecule has 3 nitrogen and oxygen atoms in total. The van der Waals surface area contributed by atoms with Crippen molar-refractivity contribution in [2.24, 2.45) is 17.1 Å². The number of rotatable bonds is 4. The highest BCUT2D eigenvalue weighted by Crippen LogP contribution is 2.50. The number of benzene rings is 1. The molecule has 0 aromatic heterocycles. The number of likely N-dealkylation sites (tertiary alicyclic amines) is 1. The van der Waals surface area contributed by atoms with Crippen molar-refractivity contribution in [2.45, 2.75) is 38.6 Å². The van der Waals surface area contributed by atoms with Gasteiger partial charge in [0.05, 0.1) is 5.41 Å². The van der Waals surface area contributed by atoms with E-state index in [4.69, 9.17) is 5.73 Å². The van der Waals surface area contributed by atoms with Crippen LogP contribution in [-0.2, 0) is 11.2 Å². The summed E-state index contributed by atoms with van der Waals surface area (Å²) in [6.07, 6.45) is 4.03. The van der Waals surface area contributed by atoms with Crippen LogP contribution in [0.25, 0.3) is 0 Å². The van der Waals surface area contributed by atoms with Gasteiger partial charge in [0.2, 0.25) is 5.91 Å². The number of amides is 1. The van der Waals surface area contributed by atoms with Crippen molar-refractivity contribution in [2.75, 3.05) is 13.1 Å². The van der Waals surface area contributed by atoms with Crippen molar-refractivity contribution < 1.29 is 4.79 Å². The Balaban J connectivity index is 1.71. The second kappa shape index (κ2) is 5.21. The second-order valence-electron chi connectivity index (χ2n) is 6.59. The molecule has 2 unspecified atom stereocenters. The molecule has 3 heteroatoms. The number of hydrogen-bond acceptors (Lipinski definition) is 2. The maximum absolute atomic E-state index is 12.9. The molecule has 2 fully saturated rings. The number of nitrogens with two attached hydrogens (primary N) is 1. The molecule has 108 valence electrons. The van der Waals surface area contributed by atoms with Gasteiger partial charge >= 0.3 is 0 Å². The Morgan fingerprint density at radius 1 is 1.35 bits per heavy atom. The fourth-order valence-electron chi connectivity index (χ4n) is 3.50. The molecule has 1 saturated carbocycles. The third kappa shape index (κ3) is 2.47. The maximum Gasteiger partial charge on any atom is 0.229 e. The molecule has 20 heavy (non-hydrogen) atoms. The van der Waals surface area contributed by atoms with Gasteiger partial charge in [0.15, 0.2) is 0 Å². The molecule has 1 aliphatic carbocycles. The Hall–Kier alpha value is -1.35. The summed E-state index contributed by atoms with van der Waals surface area (Å²) in [6, 6.07) is 10.7. The predicted octanol–water partition coefficient (Wildman–Crippen LogP) is 2.21. The van der Waals surface area contributed by atoms with E-state index in [-0.39, 0.29) is 5.41 Å². The maximum atomic E-state index is 12.9. The largest absolute Gasteiger partial charge is 0.339 e. The standard InChI is InChI=1S/C17H24N2O/c1-13-9-15(11-18)12-19(13)16(20)17(7-8-17)10-14-5-3-2-4-6-14/h2-6,13,15H,7-12,18H2,1H3. The van der Waals surface area contributed by atoms with E-state index in [2.05, 4.69) is 36.1 Å². The molecular weight excluding hydrogens is 248 g/mol. The summed E-state index contributed by atoms with van der Waals surface area (Å²) in [5.41, 5.74) is 6.93. The van der Waals surface area contributed by atoms with Gasteiger partial charge in [0.25, 0.3) is 0 Å². The summed E-state index contributed by atoms with van der Waals surface area (Å²) in [5, 5.41) is 0. The van der Waals surface area contributed by atoms with E-state index in [0.717, 1.165) is 32.2 Å². The first-order valence-corrected chi connectivity index (χ1v) is 7.70. The molecule has 3 rings (SSSR count). The fraction of sp³-hybridized carbons (Fsp3) is 0.588. The lowest BCUT2D eigenvalue weighted by molar-refractivity contribution is -0.137. The zero-order valence-corrected chi connectivity index (χ0v) is 12.2. The molecule has 2 N–H and O–H groups in total. The van der Waals surface area contributed by atoms with Crippen LogP contribution in [0.4, 0.5) is 0 Å². The predicted molar refractivity (Wildman–Crippen MR) is 80.1 cm³/mol. The first kappa shape index (κ1) is 13.6. The summed E-state index contributed by atoms with van der Waals surface area (Å²) in [7, 11) is 0. The van der Waals surface area contributed by atoms with Crippen LogP contribution in [0, 0.1) is 11.3 Å². The van der Waals surface area contributed by atoms with E-state index < -0.39 is 0 Å². The minimum atomic E-state index is -0.112. The van der Waals surface area contributed by atoms with Crippen LogP contribution in [0.2, 0.25) is 0 Å². The van der Waals surface area contributed by atoms with Gasteiger partial charge in [-0.2, -0.15) is 0 Å². The minimum absolute atomic E-state index is 0.112. The second-order valence-corrected chi connectivity index (χ2v) is 6.59. The average molecular weight is 272 g/mol. The summed E-state index contributed by atoms with van der Waals surface area (Å²) in [6.45, 7) is 3.71. The van der Waals surface area contributed by atoms with Crippen molar-refractivity contribution in [3.05, 3.63) is 35.9 Å². The SMILES string of the molecule is CC1CC(CN)CN1C(=O)C1(Cc2ccccc2)CC1. The molecule has 1 heterocycles. The normalized spacial score (nSPS) is 27.6. The average Bonchev–Trinajstić information content (AvgIpc) is 3.14. The monoisotopic (exact) mass is 272 g/mol. The van der Waals surface area contributed by atoms with E-state index in [9.17, 15) is 4.79 Å². The Labute approximate surface area is 121 Å². The summed E-state index contributed by atoms with van der Waals surface area (Å²) >= 11 is 0. The van der Waals surface area contributed by atoms with Crippen molar-refractivity contribution in [1.82, 2.24) is 4.90 Å². The van der Waals surface area contributed by atoms with E-state index in [1.807, 2.05) is 6.07 Å². The molecule has 1 amide bonds. The zero-order chi connectivity index (χ0) is 14.2. The third-order valence-corrected chi connectivity index (χ3v) is 4.95. The van der Waals surface area contributed by atoms with Gasteiger partial charge in [0.1, 0.15) is 0 Å². The van der Waals surface area contributed by atoms with Gasteiger partial charge < -0.3 is 10.6 Å². The van der Waals surface area contributed by atoms with Crippen LogP contribution < -0.4 is 5.73 Å². The van der Waals surface area contributed by atoms with E-state index in [0.29, 0.717) is 24.4 Å². The highest BCUT2D eigenvalue weighted by Gasteiger charge is 2.53. The van der Waals surface area contributed by atoms with E-state index in [1.165, 1.54) is 5.56 Å². The van der Waals surface area contributed by atoms with Gasteiger partial charge in [-0.25, -0.2) is 0 Å². The quantitative estimate of drug-likeness (QED) is 0.913. The number of carbonyl (C=O) groups excluding carboxylic acids is 1. The van der Waals surface area contributed by atoms with Gasteiger partial charge in [-0.15, -0.1) is 0 Å². The van der Waals surface area contributed by atoms with Gasteiger partial charge in [-0.1, -0.05) is 30.3 Å². The van der Waals surface area contributed by atoms with E-state index >= 15 is 0 Å². The topological polar surface area (TPSA) is 46.3 Å². The smallest absolute Gasteiger partial charge is 0.229 e. The molecule has 1 aromatic rings. The van der Waals surface area contributed by atoms with Gasteiger partial charge in [0, 0.05) is 12.6 Å². The molecule has 1 aromatic carbocycles. The fourth-order valence-corrected chi connectivity index (χ4v) is 3.50. The van der Waals surface area contributed by atoms with Crippen LogP contribution >= 0.6 is 0 Å². The molecule has 0 radical (unpaired) electrons. The van der Waals surface area contributed by atoms with Gasteiger partial charge in [-0.3, -0.25) is 4.79 Å². The van der Waals surface area contributed by atoms with Crippen LogP contribution in [-0.4, -0.2) is 29.9 Å². The Morgan fingerprint density at radius 3 is 2.60 bits per heavy atom. The molecule has 0 bridgehead atoms. The summed E-state index contributed by atoms with van der Waals surface area (Å²) in [5.74, 6) is 0.853. The lowest BCUT2D eigenvalue weighted by atomic mass is 9.94. The first-order valence-electron chi connectivity index (χ1n) is 7.70. The molecule has 2 aliphatic rings. The molecule has 0 spiro atoms. The van der Waals surface area contributed by atoms with Crippen molar-refractivity contribution in [3.8, 4) is 0 Å². The van der Waals surface area contributed by atoms with Gasteiger partial charge in [-0.05, 0) is 50.6 Å². The first-order chi connectivity index (χ1) is 9.64. The number of carbonyl (C=O) groups is 1. The number of hydrogen-bond donors (Lipinski definition) is 1. The minimum Gasteiger partial charge on any atom is -0.339 e. The van der Waals surface area contributed by atoms with Crippen molar-refractivity contribution >= 4 is 5.91 Å². The number of nitrogens with zero attached hydrogens (tertiary/aromatic N) is 1. The van der Waals surface area contributed by atoms with Crippen LogP contribution in [0.5, 0.6) is 0 Å². The highest BCUT2D eigenvalue weighted by atomic mass is 16.2. The highest BCUT2D eigenvalue weighted by molar-refractivity contribution is 5.86. The van der Waals surface area contributed by atoms with Crippen LogP contribution in [0.1, 0.15) is 31.7 Å². The zero-order valence-electron chi connectivity index (χ0n) is 12.2. The Morgan fingerprint density at radius 2 is 2.05 bits per heavy atom. The summed E-state index contributed by atoms with van der Waals surface area (Å²) < 4.78 is 0. The van der Waals surface area contributed by atoms with Crippen molar-refractivity contribution in [1.29, 1.82) is 0 Å². The Bertz CT molecular complexity index is 481. The third-order valence-electron chi connectivity index (χ3n) is 4.95. The summed E-state index contributed by atoms with van der Waals surface area (Å²) in [4.78, 5) is 15.0. The molecule has 1 saturated heterocycles. The van der Waals surface area contributed by atoms with Crippen LogP contribution in [0.3, 0.4) is 0 Å². The molecule has 1 aliphatic heterocycles. The lowest BCUT2D eigenvalue weighted by Gasteiger charge is -2.27. The lowest BCUT2D eigenvalue weighted by Crippen LogP contribution is -2.40. The van der Waals surface area contributed by atoms with E-state index in [1.54, 1.807) is 0 Å². The Kier molecular flexibility index (Phi) is 3.55.